The maximum atomic E-state index is 11.6. The first-order valence-corrected chi connectivity index (χ1v) is 5.96. The van der Waals surface area contributed by atoms with Crippen LogP contribution in [0.25, 0.3) is 0 Å². The second kappa shape index (κ2) is 5.23. The van der Waals surface area contributed by atoms with Crippen molar-refractivity contribution in [1.29, 1.82) is 0 Å². The molecule has 1 atom stereocenters. The van der Waals surface area contributed by atoms with Gasteiger partial charge >= 0.3 is 0 Å². The van der Waals surface area contributed by atoms with E-state index >= 15 is 0 Å². The summed E-state index contributed by atoms with van der Waals surface area (Å²) in [5, 5.41) is 23.0. The topological polar surface area (TPSA) is 95.7 Å². The lowest BCUT2D eigenvalue weighted by Crippen LogP contribution is -2.23. The van der Waals surface area contributed by atoms with Crippen LogP contribution in [0.1, 0.15) is 16.8 Å². The number of aliphatic hydroxyl groups is 1. The van der Waals surface area contributed by atoms with Gasteiger partial charge in [0.1, 0.15) is 5.69 Å². The number of nitro benzene ring substituents is 1. The predicted molar refractivity (Wildman–Crippen MR) is 69.3 cm³/mol. The highest BCUT2D eigenvalue weighted by Crippen LogP contribution is 2.31. The van der Waals surface area contributed by atoms with E-state index in [0.717, 1.165) is 0 Å². The number of aliphatic hydroxyl groups excluding tert-OH is 1. The minimum atomic E-state index is -0.483. The molecule has 1 heterocycles. The molecule has 1 aromatic carbocycles. The molecule has 1 aliphatic heterocycles. The van der Waals surface area contributed by atoms with Gasteiger partial charge in [0, 0.05) is 31.8 Å². The highest BCUT2D eigenvalue weighted by atomic mass is 16.6. The Morgan fingerprint density at radius 1 is 1.58 bits per heavy atom. The zero-order valence-corrected chi connectivity index (χ0v) is 10.5. The van der Waals surface area contributed by atoms with E-state index in [1.165, 1.54) is 25.2 Å². The molecule has 0 unspecified atom stereocenters. The molecule has 7 heteroatoms. The summed E-state index contributed by atoms with van der Waals surface area (Å²) in [6, 6.07) is 4.24. The maximum Gasteiger partial charge on any atom is 0.292 e. The Bertz CT molecular complexity index is 518. The van der Waals surface area contributed by atoms with Gasteiger partial charge in [-0.3, -0.25) is 14.9 Å². The van der Waals surface area contributed by atoms with Crippen molar-refractivity contribution in [2.75, 3.05) is 25.0 Å². The molecule has 1 aliphatic rings. The fourth-order valence-electron chi connectivity index (χ4n) is 2.18. The van der Waals surface area contributed by atoms with Crippen LogP contribution in [0.5, 0.6) is 0 Å². The Morgan fingerprint density at radius 3 is 2.84 bits per heavy atom. The van der Waals surface area contributed by atoms with Crippen molar-refractivity contribution in [3.63, 3.8) is 0 Å². The number of benzene rings is 1. The smallest absolute Gasteiger partial charge is 0.292 e. The number of rotatable bonds is 3. The third-order valence-electron chi connectivity index (χ3n) is 3.17. The van der Waals surface area contributed by atoms with E-state index in [4.69, 9.17) is 0 Å². The summed E-state index contributed by atoms with van der Waals surface area (Å²) in [6.07, 6.45) is 0.0877. The van der Waals surface area contributed by atoms with Gasteiger partial charge in [-0.25, -0.2) is 0 Å². The van der Waals surface area contributed by atoms with Crippen molar-refractivity contribution in [2.24, 2.45) is 0 Å². The van der Waals surface area contributed by atoms with Crippen LogP contribution in [0, 0.1) is 10.1 Å². The van der Waals surface area contributed by atoms with E-state index in [-0.39, 0.29) is 11.6 Å². The highest BCUT2D eigenvalue weighted by Gasteiger charge is 2.27. The van der Waals surface area contributed by atoms with Crippen molar-refractivity contribution < 1.29 is 14.8 Å². The number of nitrogens with one attached hydrogen (secondary N) is 1. The molecule has 7 nitrogen and oxygen atoms in total. The minimum absolute atomic E-state index is 0.0539. The Morgan fingerprint density at radius 2 is 2.32 bits per heavy atom. The van der Waals surface area contributed by atoms with Gasteiger partial charge < -0.3 is 15.3 Å². The van der Waals surface area contributed by atoms with Crippen LogP contribution < -0.4 is 10.2 Å². The molecular formula is C12H15N3O4. The number of hydrogen-bond donors (Lipinski definition) is 2. The molecule has 1 aromatic rings. The third kappa shape index (κ3) is 2.65. The highest BCUT2D eigenvalue weighted by molar-refractivity contribution is 5.95. The molecule has 0 aliphatic carbocycles. The number of amides is 1. The molecule has 1 amide bonds. The monoisotopic (exact) mass is 265 g/mol. The Hall–Kier alpha value is -2.15. The summed E-state index contributed by atoms with van der Waals surface area (Å²) in [6.45, 7) is 0.886. The van der Waals surface area contributed by atoms with Crippen molar-refractivity contribution in [3.8, 4) is 0 Å². The lowest BCUT2D eigenvalue weighted by atomic mass is 10.1. The van der Waals surface area contributed by atoms with E-state index in [2.05, 4.69) is 5.32 Å². The number of anilines is 1. The zero-order valence-electron chi connectivity index (χ0n) is 10.5. The number of hydrogen-bond acceptors (Lipinski definition) is 5. The standard InChI is InChI=1S/C12H15N3O4/c1-13-12(17)8-2-3-10(15(18)19)11(6-8)14-5-4-9(16)7-14/h2-3,6,9,16H,4-5,7H2,1H3,(H,13,17)/t9-/m1/s1. The van der Waals surface area contributed by atoms with Gasteiger partial charge in [0.05, 0.1) is 11.0 Å². The number of carbonyl (C=O) groups is 1. The lowest BCUT2D eigenvalue weighted by molar-refractivity contribution is -0.384. The fraction of sp³-hybridized carbons (Fsp3) is 0.417. The van der Waals surface area contributed by atoms with Gasteiger partial charge in [-0.1, -0.05) is 0 Å². The average molecular weight is 265 g/mol. The van der Waals surface area contributed by atoms with Crippen molar-refractivity contribution in [2.45, 2.75) is 12.5 Å². The maximum absolute atomic E-state index is 11.6. The Labute approximate surface area is 110 Å². The summed E-state index contributed by atoms with van der Waals surface area (Å²) in [4.78, 5) is 23.9. The normalized spacial score (nSPS) is 18.4. The number of carbonyl (C=O) groups excluding carboxylic acids is 1. The molecule has 102 valence electrons. The minimum Gasteiger partial charge on any atom is -0.391 e. The first kappa shape index (κ1) is 13.3. The average Bonchev–Trinajstić information content (AvgIpc) is 2.83. The second-order valence-electron chi connectivity index (χ2n) is 4.43. The van der Waals surface area contributed by atoms with Gasteiger partial charge in [-0.05, 0) is 18.6 Å². The summed E-state index contributed by atoms with van der Waals surface area (Å²) in [5.74, 6) is -0.295. The summed E-state index contributed by atoms with van der Waals surface area (Å²) in [7, 11) is 1.50. The quantitative estimate of drug-likeness (QED) is 0.613. The van der Waals surface area contributed by atoms with Crippen molar-refractivity contribution >= 4 is 17.3 Å². The van der Waals surface area contributed by atoms with Crippen LogP contribution in [0.4, 0.5) is 11.4 Å². The molecule has 0 aromatic heterocycles. The Balaban J connectivity index is 2.42. The van der Waals surface area contributed by atoms with E-state index in [1.54, 1.807) is 4.90 Å². The molecule has 2 N–H and O–H groups in total. The molecule has 19 heavy (non-hydrogen) atoms. The van der Waals surface area contributed by atoms with Gasteiger partial charge in [-0.15, -0.1) is 0 Å². The molecular weight excluding hydrogens is 250 g/mol. The summed E-state index contributed by atoms with van der Waals surface area (Å²) >= 11 is 0. The van der Waals surface area contributed by atoms with E-state index in [0.29, 0.717) is 30.8 Å². The molecule has 0 bridgehead atoms. The summed E-state index contributed by atoms with van der Waals surface area (Å²) < 4.78 is 0. The number of nitrogens with zero attached hydrogens (tertiary/aromatic N) is 2. The Kier molecular flexibility index (Phi) is 3.66. The molecule has 2 rings (SSSR count). The molecule has 1 saturated heterocycles. The van der Waals surface area contributed by atoms with Crippen LogP contribution >= 0.6 is 0 Å². The van der Waals surface area contributed by atoms with Gasteiger partial charge in [-0.2, -0.15) is 0 Å². The SMILES string of the molecule is CNC(=O)c1ccc([N+](=O)[O-])c(N2CC[C@@H](O)C2)c1. The molecule has 0 saturated carbocycles. The number of nitro groups is 1. The first-order chi connectivity index (χ1) is 9.02. The zero-order chi connectivity index (χ0) is 14.0. The van der Waals surface area contributed by atoms with Crippen LogP contribution in [-0.4, -0.2) is 42.2 Å². The van der Waals surface area contributed by atoms with Crippen molar-refractivity contribution in [1.82, 2.24) is 5.32 Å². The van der Waals surface area contributed by atoms with Crippen LogP contribution in [0.2, 0.25) is 0 Å². The lowest BCUT2D eigenvalue weighted by Gasteiger charge is -2.18. The summed E-state index contributed by atoms with van der Waals surface area (Å²) in [5.41, 5.74) is 0.689. The molecule has 1 fully saturated rings. The molecule has 0 spiro atoms. The van der Waals surface area contributed by atoms with E-state index in [1.807, 2.05) is 0 Å². The van der Waals surface area contributed by atoms with Gasteiger partial charge in [0.15, 0.2) is 0 Å². The first-order valence-electron chi connectivity index (χ1n) is 5.96. The largest absolute Gasteiger partial charge is 0.391 e. The van der Waals surface area contributed by atoms with Gasteiger partial charge in [0.25, 0.3) is 11.6 Å². The van der Waals surface area contributed by atoms with Crippen LogP contribution in [0.15, 0.2) is 18.2 Å². The predicted octanol–water partition coefficient (Wildman–Crippen LogP) is 0.525. The van der Waals surface area contributed by atoms with Crippen LogP contribution in [-0.2, 0) is 0 Å². The second-order valence-corrected chi connectivity index (χ2v) is 4.43. The van der Waals surface area contributed by atoms with E-state index < -0.39 is 11.0 Å². The van der Waals surface area contributed by atoms with Crippen molar-refractivity contribution in [3.05, 3.63) is 33.9 Å². The van der Waals surface area contributed by atoms with Gasteiger partial charge in [0.2, 0.25) is 0 Å². The molecule has 0 radical (unpaired) electrons. The fourth-order valence-corrected chi connectivity index (χ4v) is 2.18. The van der Waals surface area contributed by atoms with Crippen LogP contribution in [0.3, 0.4) is 0 Å². The van der Waals surface area contributed by atoms with E-state index in [9.17, 15) is 20.0 Å². The third-order valence-corrected chi connectivity index (χ3v) is 3.17. The number of β-amino-alcohol motifs (C(OH)–C–C–N with tert-alkyl or cyclic N) is 1.